The first-order valence-corrected chi connectivity index (χ1v) is 10.1. The monoisotopic (exact) mass is 358 g/mol. The van der Waals surface area contributed by atoms with Crippen LogP contribution in [0.25, 0.3) is 0 Å². The van der Waals surface area contributed by atoms with Gasteiger partial charge in [-0.1, -0.05) is 56.9 Å². The molecule has 1 aromatic heterocycles. The second-order valence-corrected chi connectivity index (χ2v) is 7.58. The third-order valence-corrected chi connectivity index (χ3v) is 5.60. The molecule has 0 spiro atoms. The molecule has 134 valence electrons. The first-order valence-electron chi connectivity index (χ1n) is 9.24. The van der Waals surface area contributed by atoms with Crippen molar-refractivity contribution in [3.63, 3.8) is 0 Å². The second-order valence-electron chi connectivity index (χ2n) is 6.47. The molecule has 0 unspecified atom stereocenters. The number of ketones is 1. The van der Waals surface area contributed by atoms with Gasteiger partial charge in [0.05, 0.1) is 23.0 Å². The molecule has 2 heterocycles. The summed E-state index contributed by atoms with van der Waals surface area (Å²) in [6.07, 6.45) is 7.23. The lowest BCUT2D eigenvalue weighted by Crippen LogP contribution is -1.99. The molecule has 1 aromatic carbocycles. The van der Waals surface area contributed by atoms with Crippen LogP contribution in [0.2, 0.25) is 0 Å². The Morgan fingerprint density at radius 3 is 2.44 bits per heavy atom. The molecule has 3 nitrogen and oxygen atoms in total. The Morgan fingerprint density at radius 2 is 1.72 bits per heavy atom. The maximum atomic E-state index is 12.6. The quantitative estimate of drug-likeness (QED) is 0.436. The van der Waals surface area contributed by atoms with E-state index in [-0.39, 0.29) is 12.1 Å². The smallest absolute Gasteiger partial charge is 0.202 e. The highest BCUT2D eigenvalue weighted by Gasteiger charge is 2.22. The van der Waals surface area contributed by atoms with E-state index in [0.29, 0.717) is 13.2 Å². The van der Waals surface area contributed by atoms with Crippen molar-refractivity contribution in [3.8, 4) is 0 Å². The van der Waals surface area contributed by atoms with Crippen LogP contribution < -0.4 is 0 Å². The van der Waals surface area contributed by atoms with Crippen molar-refractivity contribution in [1.29, 1.82) is 0 Å². The summed E-state index contributed by atoms with van der Waals surface area (Å²) in [6, 6.07) is 11.9. The van der Waals surface area contributed by atoms with Gasteiger partial charge in [-0.05, 0) is 30.5 Å². The van der Waals surface area contributed by atoms with E-state index in [1.807, 2.05) is 24.3 Å². The maximum Gasteiger partial charge on any atom is 0.202 e. The van der Waals surface area contributed by atoms with Crippen LogP contribution in [0.1, 0.15) is 71.0 Å². The third kappa shape index (κ3) is 5.00. The Balaban J connectivity index is 1.55. The third-order valence-electron chi connectivity index (χ3n) is 4.49. The highest BCUT2D eigenvalue weighted by molar-refractivity contribution is 7.14. The molecule has 0 radical (unpaired) electrons. The fraction of sp³-hybridized carbons (Fsp3) is 0.476. The Hall–Kier alpha value is -1.49. The number of ether oxygens (including phenoxy) is 2. The minimum absolute atomic E-state index is 0.0729. The SMILES string of the molecule is CCCCCCCc1ccc(C(=O)c2ccc(C3OCCO3)s2)cc1. The van der Waals surface area contributed by atoms with Gasteiger partial charge in [-0.15, -0.1) is 11.3 Å². The van der Waals surface area contributed by atoms with Crippen molar-refractivity contribution in [2.24, 2.45) is 0 Å². The minimum Gasteiger partial charge on any atom is -0.345 e. The number of hydrogen-bond acceptors (Lipinski definition) is 4. The summed E-state index contributed by atoms with van der Waals surface area (Å²) in [4.78, 5) is 14.3. The largest absolute Gasteiger partial charge is 0.345 e. The van der Waals surface area contributed by atoms with Crippen LogP contribution in [0.3, 0.4) is 0 Å². The number of thiophene rings is 1. The average molecular weight is 359 g/mol. The zero-order valence-electron chi connectivity index (χ0n) is 14.8. The Kier molecular flexibility index (Phi) is 6.79. The van der Waals surface area contributed by atoms with Gasteiger partial charge in [-0.25, -0.2) is 0 Å². The molecule has 4 heteroatoms. The number of rotatable bonds is 9. The summed E-state index contributed by atoms with van der Waals surface area (Å²) < 4.78 is 11.0. The number of hydrogen-bond donors (Lipinski definition) is 0. The number of carbonyl (C=O) groups excluding carboxylic acids is 1. The zero-order valence-corrected chi connectivity index (χ0v) is 15.6. The fourth-order valence-corrected chi connectivity index (χ4v) is 3.99. The van der Waals surface area contributed by atoms with Gasteiger partial charge < -0.3 is 9.47 Å². The van der Waals surface area contributed by atoms with Crippen LogP contribution in [-0.2, 0) is 15.9 Å². The van der Waals surface area contributed by atoms with E-state index in [9.17, 15) is 4.79 Å². The molecule has 0 N–H and O–H groups in total. The van der Waals surface area contributed by atoms with Crippen LogP contribution in [0.4, 0.5) is 0 Å². The van der Waals surface area contributed by atoms with Gasteiger partial charge in [0.25, 0.3) is 0 Å². The summed E-state index contributed by atoms with van der Waals surface area (Å²) in [5, 5.41) is 0. The van der Waals surface area contributed by atoms with Gasteiger partial charge >= 0.3 is 0 Å². The second kappa shape index (κ2) is 9.27. The molecule has 1 saturated heterocycles. The average Bonchev–Trinajstić information content (AvgIpc) is 3.33. The maximum absolute atomic E-state index is 12.6. The number of carbonyl (C=O) groups is 1. The van der Waals surface area contributed by atoms with Crippen molar-refractivity contribution in [2.75, 3.05) is 13.2 Å². The fourth-order valence-electron chi connectivity index (χ4n) is 3.02. The first-order chi connectivity index (χ1) is 12.3. The summed E-state index contributed by atoms with van der Waals surface area (Å²) in [6.45, 7) is 3.47. The minimum atomic E-state index is -0.304. The lowest BCUT2D eigenvalue weighted by atomic mass is 10.0. The van der Waals surface area contributed by atoms with Crippen LogP contribution in [0.5, 0.6) is 0 Å². The standard InChI is InChI=1S/C21H26O3S/c1-2-3-4-5-6-7-16-8-10-17(11-9-16)20(22)18-12-13-19(25-18)21-23-14-15-24-21/h8-13,21H,2-7,14-15H2,1H3. The molecule has 2 aromatic rings. The molecular formula is C21H26O3S. The van der Waals surface area contributed by atoms with Crippen molar-refractivity contribution in [1.82, 2.24) is 0 Å². The number of aryl methyl sites for hydroxylation is 1. The molecule has 0 aliphatic carbocycles. The van der Waals surface area contributed by atoms with Crippen LogP contribution in [-0.4, -0.2) is 19.0 Å². The van der Waals surface area contributed by atoms with Crippen LogP contribution in [0.15, 0.2) is 36.4 Å². The van der Waals surface area contributed by atoms with Crippen LogP contribution >= 0.6 is 11.3 Å². The number of unbranched alkanes of at least 4 members (excludes halogenated alkanes) is 4. The molecule has 0 saturated carbocycles. The van der Waals surface area contributed by atoms with E-state index >= 15 is 0 Å². The van der Waals surface area contributed by atoms with E-state index in [1.54, 1.807) is 0 Å². The van der Waals surface area contributed by atoms with Crippen molar-refractivity contribution >= 4 is 17.1 Å². The molecule has 1 fully saturated rings. The molecular weight excluding hydrogens is 332 g/mol. The van der Waals surface area contributed by atoms with Gasteiger partial charge in [0.2, 0.25) is 5.78 Å². The van der Waals surface area contributed by atoms with E-state index in [2.05, 4.69) is 19.1 Å². The van der Waals surface area contributed by atoms with Gasteiger partial charge in [0.1, 0.15) is 0 Å². The van der Waals surface area contributed by atoms with E-state index in [0.717, 1.165) is 21.7 Å². The highest BCUT2D eigenvalue weighted by atomic mass is 32.1. The van der Waals surface area contributed by atoms with Gasteiger partial charge in [-0.2, -0.15) is 0 Å². The molecule has 3 rings (SSSR count). The summed E-state index contributed by atoms with van der Waals surface area (Å²) in [7, 11) is 0. The highest BCUT2D eigenvalue weighted by Crippen LogP contribution is 2.30. The molecule has 0 atom stereocenters. The van der Waals surface area contributed by atoms with Gasteiger partial charge in [-0.3, -0.25) is 4.79 Å². The van der Waals surface area contributed by atoms with Crippen molar-refractivity contribution < 1.29 is 14.3 Å². The predicted octanol–water partition coefficient (Wildman–Crippen LogP) is 5.54. The Labute approximate surface area is 154 Å². The molecule has 0 bridgehead atoms. The summed E-state index contributed by atoms with van der Waals surface area (Å²) in [5.74, 6) is 0.0729. The lowest BCUT2D eigenvalue weighted by Gasteiger charge is -2.05. The first kappa shape index (κ1) is 18.3. The van der Waals surface area contributed by atoms with E-state index in [1.165, 1.54) is 49.0 Å². The topological polar surface area (TPSA) is 35.5 Å². The van der Waals surface area contributed by atoms with Gasteiger partial charge in [0, 0.05) is 5.56 Å². The van der Waals surface area contributed by atoms with Gasteiger partial charge in [0.15, 0.2) is 6.29 Å². The number of benzene rings is 1. The van der Waals surface area contributed by atoms with Crippen LogP contribution in [0, 0.1) is 0 Å². The van der Waals surface area contributed by atoms with E-state index in [4.69, 9.17) is 9.47 Å². The van der Waals surface area contributed by atoms with Crippen molar-refractivity contribution in [3.05, 3.63) is 57.3 Å². The Morgan fingerprint density at radius 1 is 1.00 bits per heavy atom. The summed E-state index contributed by atoms with van der Waals surface area (Å²) in [5.41, 5.74) is 2.06. The molecule has 1 aliphatic rings. The molecule has 1 aliphatic heterocycles. The Bertz CT molecular complexity index is 669. The predicted molar refractivity (Wildman–Crippen MR) is 101 cm³/mol. The van der Waals surface area contributed by atoms with Crippen molar-refractivity contribution in [2.45, 2.75) is 51.7 Å². The molecule has 0 amide bonds. The lowest BCUT2D eigenvalue weighted by molar-refractivity contribution is -0.0413. The zero-order chi connectivity index (χ0) is 17.5. The van der Waals surface area contributed by atoms with E-state index < -0.39 is 0 Å². The molecule has 25 heavy (non-hydrogen) atoms. The normalized spacial score (nSPS) is 14.9. The summed E-state index contributed by atoms with van der Waals surface area (Å²) >= 11 is 1.46.